The lowest BCUT2D eigenvalue weighted by atomic mass is 9.88. The molecular formula is C20H22N4O2. The Morgan fingerprint density at radius 3 is 2.81 bits per heavy atom. The number of benzene rings is 1. The number of aromatic amines is 1. The second-order valence-electron chi connectivity index (χ2n) is 6.99. The Morgan fingerprint density at radius 1 is 1.38 bits per heavy atom. The van der Waals surface area contributed by atoms with Gasteiger partial charge in [0.2, 0.25) is 0 Å². The van der Waals surface area contributed by atoms with E-state index in [1.807, 2.05) is 24.3 Å². The lowest BCUT2D eigenvalue weighted by Crippen LogP contribution is -2.18. The van der Waals surface area contributed by atoms with E-state index in [1.54, 1.807) is 13.8 Å². The molecule has 6 heteroatoms. The number of allylic oxidation sites excluding steroid dienone is 2. The van der Waals surface area contributed by atoms with Crippen LogP contribution in [0, 0.1) is 11.3 Å². The normalized spacial score (nSPS) is 14.5. The number of amides is 1. The van der Waals surface area contributed by atoms with Crippen molar-refractivity contribution in [3.8, 4) is 6.07 Å². The molecule has 1 aliphatic rings. The Hall–Kier alpha value is -2.91. The number of aliphatic hydroxyl groups is 1. The molecule has 0 saturated heterocycles. The van der Waals surface area contributed by atoms with Crippen molar-refractivity contribution in [3.05, 3.63) is 53.1 Å². The summed E-state index contributed by atoms with van der Waals surface area (Å²) in [4.78, 5) is 19.1. The van der Waals surface area contributed by atoms with Crippen molar-refractivity contribution in [1.29, 1.82) is 5.26 Å². The molecule has 0 aliphatic heterocycles. The minimum absolute atomic E-state index is 0.0942. The molecule has 1 heterocycles. The third-order valence-corrected chi connectivity index (χ3v) is 4.52. The molecule has 6 nitrogen and oxygen atoms in total. The van der Waals surface area contributed by atoms with Gasteiger partial charge in [-0.1, -0.05) is 12.1 Å². The van der Waals surface area contributed by atoms with Crippen LogP contribution in [0.3, 0.4) is 0 Å². The summed E-state index contributed by atoms with van der Waals surface area (Å²) in [7, 11) is 0. The number of nitrogens with one attached hydrogen (secondary N) is 2. The van der Waals surface area contributed by atoms with E-state index in [9.17, 15) is 9.90 Å². The summed E-state index contributed by atoms with van der Waals surface area (Å²) in [6, 6.07) is 7.45. The van der Waals surface area contributed by atoms with E-state index in [2.05, 4.69) is 21.4 Å². The molecule has 0 atom stereocenters. The molecule has 1 amide bonds. The van der Waals surface area contributed by atoms with Gasteiger partial charge in [-0.15, -0.1) is 0 Å². The number of H-pyrrole nitrogens is 1. The lowest BCUT2D eigenvalue weighted by molar-refractivity contribution is 0.0786. The third-order valence-electron chi connectivity index (χ3n) is 4.52. The highest BCUT2D eigenvalue weighted by molar-refractivity contribution is 6.03. The van der Waals surface area contributed by atoms with Crippen molar-refractivity contribution < 1.29 is 9.90 Å². The van der Waals surface area contributed by atoms with Gasteiger partial charge in [-0.3, -0.25) is 4.79 Å². The number of hydrogen-bond acceptors (Lipinski definition) is 4. The minimum atomic E-state index is -0.963. The summed E-state index contributed by atoms with van der Waals surface area (Å²) < 4.78 is 0. The molecule has 0 fully saturated rings. The van der Waals surface area contributed by atoms with E-state index >= 15 is 0 Å². The zero-order chi connectivity index (χ0) is 18.7. The van der Waals surface area contributed by atoms with Gasteiger partial charge in [0.1, 0.15) is 6.07 Å². The molecule has 3 N–H and O–H groups in total. The average Bonchev–Trinajstić information content (AvgIpc) is 3.11. The van der Waals surface area contributed by atoms with Gasteiger partial charge in [-0.05, 0) is 62.8 Å². The van der Waals surface area contributed by atoms with E-state index in [0.717, 1.165) is 30.4 Å². The van der Waals surface area contributed by atoms with Gasteiger partial charge in [0.05, 0.1) is 5.60 Å². The first-order valence-corrected chi connectivity index (χ1v) is 8.71. The maximum absolute atomic E-state index is 12.5. The fourth-order valence-electron chi connectivity index (χ4n) is 3.06. The van der Waals surface area contributed by atoms with Crippen LogP contribution in [0.2, 0.25) is 0 Å². The molecule has 0 radical (unpaired) electrons. The zero-order valence-corrected chi connectivity index (χ0v) is 15.0. The third kappa shape index (κ3) is 3.84. The molecule has 26 heavy (non-hydrogen) atoms. The van der Waals surface area contributed by atoms with Crippen molar-refractivity contribution in [1.82, 2.24) is 9.97 Å². The Balaban J connectivity index is 1.96. The van der Waals surface area contributed by atoms with Gasteiger partial charge in [-0.25, -0.2) is 4.98 Å². The molecule has 1 aliphatic carbocycles. The van der Waals surface area contributed by atoms with Gasteiger partial charge in [0.15, 0.2) is 11.5 Å². The van der Waals surface area contributed by atoms with Crippen LogP contribution in [0.25, 0.3) is 5.57 Å². The maximum atomic E-state index is 12.5. The SMILES string of the molecule is CC(C)(O)c1ccc(NC(=O)c2nc(C#N)c[nH]2)c(C2=CCCCC2)c1. The molecule has 0 unspecified atom stereocenters. The number of aromatic nitrogens is 2. The molecule has 2 aromatic rings. The Bertz CT molecular complexity index is 897. The van der Waals surface area contributed by atoms with E-state index in [1.165, 1.54) is 18.2 Å². The number of anilines is 1. The molecule has 0 spiro atoms. The smallest absolute Gasteiger partial charge is 0.291 e. The van der Waals surface area contributed by atoms with Crippen molar-refractivity contribution in [2.75, 3.05) is 5.32 Å². The van der Waals surface area contributed by atoms with E-state index < -0.39 is 11.5 Å². The van der Waals surface area contributed by atoms with Crippen LogP contribution in [0.5, 0.6) is 0 Å². The predicted octanol–water partition coefficient (Wildman–Crippen LogP) is 3.72. The van der Waals surface area contributed by atoms with E-state index in [-0.39, 0.29) is 11.5 Å². The van der Waals surface area contributed by atoms with Crippen LogP contribution >= 0.6 is 0 Å². The first-order chi connectivity index (χ1) is 12.4. The van der Waals surface area contributed by atoms with Crippen LogP contribution < -0.4 is 5.32 Å². The Morgan fingerprint density at radius 2 is 2.19 bits per heavy atom. The number of carbonyl (C=O) groups excluding carboxylic acids is 1. The van der Waals surface area contributed by atoms with Crippen LogP contribution in [0.1, 0.15) is 67.0 Å². The molecule has 1 aromatic carbocycles. The Kier molecular flexibility index (Phi) is 4.92. The summed E-state index contributed by atoms with van der Waals surface area (Å²) >= 11 is 0. The fraction of sp³-hybridized carbons (Fsp3) is 0.350. The number of imidazole rings is 1. The summed E-state index contributed by atoms with van der Waals surface area (Å²) in [5.41, 5.74) is 2.77. The number of hydrogen-bond donors (Lipinski definition) is 3. The molecule has 0 saturated carbocycles. The number of rotatable bonds is 4. The van der Waals surface area contributed by atoms with Crippen LogP contribution in [-0.2, 0) is 5.60 Å². The van der Waals surface area contributed by atoms with Gasteiger partial charge in [0, 0.05) is 17.4 Å². The Labute approximate surface area is 152 Å². The zero-order valence-electron chi connectivity index (χ0n) is 15.0. The van der Waals surface area contributed by atoms with Gasteiger partial charge >= 0.3 is 0 Å². The molecular weight excluding hydrogens is 328 g/mol. The average molecular weight is 350 g/mol. The highest BCUT2D eigenvalue weighted by Gasteiger charge is 2.21. The second-order valence-corrected chi connectivity index (χ2v) is 6.99. The van der Waals surface area contributed by atoms with Crippen molar-refractivity contribution >= 4 is 17.2 Å². The largest absolute Gasteiger partial charge is 0.386 e. The van der Waals surface area contributed by atoms with E-state index in [0.29, 0.717) is 5.69 Å². The van der Waals surface area contributed by atoms with Crippen molar-refractivity contribution in [2.24, 2.45) is 0 Å². The van der Waals surface area contributed by atoms with Gasteiger partial charge < -0.3 is 15.4 Å². The fourth-order valence-corrected chi connectivity index (χ4v) is 3.06. The quantitative estimate of drug-likeness (QED) is 0.782. The number of nitrogens with zero attached hydrogens (tertiary/aromatic N) is 2. The molecule has 134 valence electrons. The van der Waals surface area contributed by atoms with Gasteiger partial charge in [-0.2, -0.15) is 5.26 Å². The summed E-state index contributed by atoms with van der Waals surface area (Å²) in [5, 5.41) is 22.1. The highest BCUT2D eigenvalue weighted by Crippen LogP contribution is 2.34. The van der Waals surface area contributed by atoms with Crippen LogP contribution in [0.4, 0.5) is 5.69 Å². The molecule has 3 rings (SSSR count). The summed E-state index contributed by atoms with van der Waals surface area (Å²) in [5.74, 6) is -0.308. The second kappa shape index (κ2) is 7.14. The highest BCUT2D eigenvalue weighted by atomic mass is 16.3. The van der Waals surface area contributed by atoms with Gasteiger partial charge in [0.25, 0.3) is 5.91 Å². The maximum Gasteiger partial charge on any atom is 0.291 e. The predicted molar refractivity (Wildman–Crippen MR) is 99.4 cm³/mol. The first kappa shape index (κ1) is 17.9. The van der Waals surface area contributed by atoms with Crippen molar-refractivity contribution in [3.63, 3.8) is 0 Å². The number of carbonyl (C=O) groups is 1. The number of nitriles is 1. The van der Waals surface area contributed by atoms with E-state index in [4.69, 9.17) is 5.26 Å². The van der Waals surface area contributed by atoms with Crippen molar-refractivity contribution in [2.45, 2.75) is 45.1 Å². The topological polar surface area (TPSA) is 102 Å². The van der Waals surface area contributed by atoms with Crippen LogP contribution in [-0.4, -0.2) is 21.0 Å². The molecule has 0 bridgehead atoms. The standard InChI is InChI=1S/C20H22N4O2/c1-20(2,26)14-8-9-17(16(10-14)13-6-4-3-5-7-13)24-19(25)18-22-12-15(11-21)23-18/h6,8-10,12,26H,3-5,7H2,1-2H3,(H,22,23)(H,24,25). The monoisotopic (exact) mass is 350 g/mol. The van der Waals surface area contributed by atoms with Crippen LogP contribution in [0.15, 0.2) is 30.5 Å². The lowest BCUT2D eigenvalue weighted by Gasteiger charge is -2.22. The first-order valence-electron chi connectivity index (χ1n) is 8.71. The minimum Gasteiger partial charge on any atom is -0.386 e. The summed E-state index contributed by atoms with van der Waals surface area (Å²) in [6.07, 6.45) is 7.83. The molecule has 1 aromatic heterocycles. The summed E-state index contributed by atoms with van der Waals surface area (Å²) in [6.45, 7) is 3.48.